The second-order valence-corrected chi connectivity index (χ2v) is 7.99. The highest BCUT2D eigenvalue weighted by molar-refractivity contribution is 5.81. The molecule has 0 saturated carbocycles. The van der Waals surface area contributed by atoms with E-state index in [0.717, 1.165) is 23.3 Å². The van der Waals surface area contributed by atoms with Crippen LogP contribution in [0.4, 0.5) is 0 Å². The van der Waals surface area contributed by atoms with Crippen molar-refractivity contribution in [3.05, 3.63) is 65.2 Å². The Balaban J connectivity index is 2.04. The van der Waals surface area contributed by atoms with Gasteiger partial charge in [-0.15, -0.1) is 0 Å². The van der Waals surface area contributed by atoms with Gasteiger partial charge in [-0.2, -0.15) is 0 Å². The molecule has 2 aromatic rings. The first kappa shape index (κ1) is 20.0. The summed E-state index contributed by atoms with van der Waals surface area (Å²) in [5.74, 6) is 1.04. The Kier molecular flexibility index (Phi) is 6.47. The van der Waals surface area contributed by atoms with Crippen LogP contribution in [0.15, 0.2) is 48.5 Å². The minimum absolute atomic E-state index is 0.0952. The van der Waals surface area contributed by atoms with Gasteiger partial charge >= 0.3 is 0 Å². The van der Waals surface area contributed by atoms with Gasteiger partial charge in [0, 0.05) is 5.54 Å². The number of hydrogen-bond acceptors (Lipinski definition) is 2. The highest BCUT2D eigenvalue weighted by Crippen LogP contribution is 2.28. The summed E-state index contributed by atoms with van der Waals surface area (Å²) in [6.07, 6.45) is 0.220. The molecule has 0 spiro atoms. The first-order chi connectivity index (χ1) is 12.2. The molecule has 2 rings (SSSR count). The monoisotopic (exact) mass is 353 g/mol. The molecule has 140 valence electrons. The van der Waals surface area contributed by atoms with Crippen LogP contribution in [0.5, 0.6) is 5.75 Å². The molecule has 1 amide bonds. The van der Waals surface area contributed by atoms with E-state index < -0.39 is 6.10 Å². The van der Waals surface area contributed by atoms with Gasteiger partial charge in [0.2, 0.25) is 0 Å². The molecule has 0 unspecified atom stereocenters. The number of ether oxygens (including phenoxy) is 1. The zero-order valence-corrected chi connectivity index (χ0v) is 16.8. The summed E-state index contributed by atoms with van der Waals surface area (Å²) in [4.78, 5) is 12.7. The molecule has 0 fully saturated rings. The van der Waals surface area contributed by atoms with Crippen molar-refractivity contribution < 1.29 is 9.53 Å². The maximum absolute atomic E-state index is 12.7. The van der Waals surface area contributed by atoms with Gasteiger partial charge in [0.15, 0.2) is 6.10 Å². The zero-order valence-electron chi connectivity index (χ0n) is 16.8. The third kappa shape index (κ3) is 5.62. The van der Waals surface area contributed by atoms with Gasteiger partial charge in [-0.25, -0.2) is 0 Å². The predicted molar refractivity (Wildman–Crippen MR) is 108 cm³/mol. The van der Waals surface area contributed by atoms with Crippen LogP contribution in [0.2, 0.25) is 0 Å². The van der Waals surface area contributed by atoms with Crippen LogP contribution in [0.3, 0.4) is 0 Å². The number of carbonyl (C=O) groups excluding carboxylic acids is 1. The van der Waals surface area contributed by atoms with Gasteiger partial charge in [0.05, 0.1) is 0 Å². The van der Waals surface area contributed by atoms with Gasteiger partial charge in [0.1, 0.15) is 5.75 Å². The minimum atomic E-state index is -0.552. The predicted octanol–water partition coefficient (Wildman–Crippen LogP) is 5.02. The summed E-state index contributed by atoms with van der Waals surface area (Å²) < 4.78 is 6.03. The summed E-state index contributed by atoms with van der Waals surface area (Å²) in [5, 5.41) is 3.12. The van der Waals surface area contributed by atoms with Crippen LogP contribution in [0.1, 0.15) is 57.2 Å². The average molecular weight is 354 g/mol. The topological polar surface area (TPSA) is 38.3 Å². The van der Waals surface area contributed by atoms with E-state index in [1.54, 1.807) is 6.92 Å². The lowest BCUT2D eigenvalue weighted by atomic mass is 9.94. The molecule has 0 radical (unpaired) electrons. The summed E-state index contributed by atoms with van der Waals surface area (Å²) in [7, 11) is 0. The Morgan fingerprint density at radius 2 is 1.73 bits per heavy atom. The third-order valence-electron chi connectivity index (χ3n) is 4.41. The van der Waals surface area contributed by atoms with E-state index in [-0.39, 0.29) is 11.4 Å². The van der Waals surface area contributed by atoms with Crippen molar-refractivity contribution in [2.75, 3.05) is 0 Å². The molecule has 0 aromatic heterocycles. The molecule has 2 aromatic carbocycles. The quantitative estimate of drug-likeness (QED) is 0.759. The highest BCUT2D eigenvalue weighted by atomic mass is 16.5. The fourth-order valence-electron chi connectivity index (χ4n) is 3.05. The van der Waals surface area contributed by atoms with E-state index >= 15 is 0 Å². The van der Waals surface area contributed by atoms with Crippen LogP contribution >= 0.6 is 0 Å². The number of nitrogens with one attached hydrogen (secondary N) is 1. The summed E-state index contributed by atoms with van der Waals surface area (Å²) in [6.45, 7) is 12.2. The fraction of sp³-hybridized carbons (Fsp3) is 0.435. The number of hydrogen-bond donors (Lipinski definition) is 1. The molecule has 0 saturated heterocycles. The molecule has 1 N–H and O–H groups in total. The maximum atomic E-state index is 12.7. The number of amides is 1. The molecule has 3 nitrogen and oxygen atoms in total. The van der Waals surface area contributed by atoms with Crippen molar-refractivity contribution in [1.82, 2.24) is 5.32 Å². The molecule has 3 heteroatoms. The van der Waals surface area contributed by atoms with Crippen LogP contribution < -0.4 is 10.1 Å². The Labute approximate surface area is 157 Å². The summed E-state index contributed by atoms with van der Waals surface area (Å²) in [6, 6.07) is 16.4. The average Bonchev–Trinajstić information content (AvgIpc) is 2.54. The van der Waals surface area contributed by atoms with E-state index in [1.807, 2.05) is 45.0 Å². The highest BCUT2D eigenvalue weighted by Gasteiger charge is 2.25. The molecule has 0 heterocycles. The number of benzene rings is 2. The van der Waals surface area contributed by atoms with Gasteiger partial charge in [-0.1, -0.05) is 56.3 Å². The van der Waals surface area contributed by atoms with Gasteiger partial charge in [0.25, 0.3) is 5.91 Å². The molecular formula is C23H31NO2. The SMILES string of the molecule is Cc1ccc(C(C)C)c(O[C@@H](C)C(=O)NC(C)(C)Cc2ccccc2)c1. The molecular weight excluding hydrogens is 322 g/mol. The number of aryl methyl sites for hydroxylation is 1. The number of rotatable bonds is 7. The van der Waals surface area contributed by atoms with Crippen LogP contribution in [-0.2, 0) is 11.2 Å². The van der Waals surface area contributed by atoms with Crippen molar-refractivity contribution >= 4 is 5.91 Å². The molecule has 0 aliphatic heterocycles. The first-order valence-electron chi connectivity index (χ1n) is 9.31. The lowest BCUT2D eigenvalue weighted by Gasteiger charge is -2.28. The smallest absolute Gasteiger partial charge is 0.261 e. The zero-order chi connectivity index (χ0) is 19.3. The van der Waals surface area contributed by atoms with Crippen LogP contribution in [0.25, 0.3) is 0 Å². The van der Waals surface area contributed by atoms with E-state index in [1.165, 1.54) is 5.56 Å². The fourth-order valence-corrected chi connectivity index (χ4v) is 3.05. The Bertz CT molecular complexity index is 735. The first-order valence-corrected chi connectivity index (χ1v) is 9.31. The van der Waals surface area contributed by atoms with E-state index in [9.17, 15) is 4.79 Å². The van der Waals surface area contributed by atoms with Crippen molar-refractivity contribution in [3.8, 4) is 5.75 Å². The van der Waals surface area contributed by atoms with Gasteiger partial charge in [-0.3, -0.25) is 4.79 Å². The lowest BCUT2D eigenvalue weighted by molar-refractivity contribution is -0.128. The molecule has 0 aliphatic carbocycles. The van der Waals surface area contributed by atoms with Crippen molar-refractivity contribution in [2.24, 2.45) is 0 Å². The van der Waals surface area contributed by atoms with Crippen LogP contribution in [0, 0.1) is 6.92 Å². The third-order valence-corrected chi connectivity index (χ3v) is 4.41. The van der Waals surface area contributed by atoms with E-state index in [0.29, 0.717) is 5.92 Å². The Hall–Kier alpha value is -2.29. The number of carbonyl (C=O) groups is 1. The molecule has 0 bridgehead atoms. The second kappa shape index (κ2) is 8.39. The normalized spacial score (nSPS) is 12.7. The van der Waals surface area contributed by atoms with Crippen LogP contribution in [-0.4, -0.2) is 17.6 Å². The maximum Gasteiger partial charge on any atom is 0.261 e. The molecule has 26 heavy (non-hydrogen) atoms. The summed E-state index contributed by atoms with van der Waals surface area (Å²) in [5.41, 5.74) is 3.11. The standard InChI is InChI=1S/C23H31NO2/c1-16(2)20-13-12-17(3)14-21(20)26-18(4)22(25)24-23(5,6)15-19-10-8-7-9-11-19/h7-14,16,18H,15H2,1-6H3,(H,24,25)/t18-/m0/s1. The van der Waals surface area contributed by atoms with Gasteiger partial charge in [-0.05, 0) is 62.8 Å². The summed E-state index contributed by atoms with van der Waals surface area (Å²) >= 11 is 0. The Morgan fingerprint density at radius 3 is 2.35 bits per heavy atom. The van der Waals surface area contributed by atoms with Crippen molar-refractivity contribution in [1.29, 1.82) is 0 Å². The van der Waals surface area contributed by atoms with Crippen molar-refractivity contribution in [2.45, 2.75) is 65.5 Å². The van der Waals surface area contributed by atoms with Crippen molar-refractivity contribution in [3.63, 3.8) is 0 Å². The lowest BCUT2D eigenvalue weighted by Crippen LogP contribution is -2.49. The van der Waals surface area contributed by atoms with E-state index in [4.69, 9.17) is 4.74 Å². The van der Waals surface area contributed by atoms with Gasteiger partial charge < -0.3 is 10.1 Å². The van der Waals surface area contributed by atoms with E-state index in [2.05, 4.69) is 43.4 Å². The minimum Gasteiger partial charge on any atom is -0.481 e. The second-order valence-electron chi connectivity index (χ2n) is 7.99. The Morgan fingerprint density at radius 1 is 1.08 bits per heavy atom. The largest absolute Gasteiger partial charge is 0.481 e. The molecule has 0 aliphatic rings. The molecule has 1 atom stereocenters.